The van der Waals surface area contributed by atoms with Gasteiger partial charge >= 0.3 is 0 Å². The summed E-state index contributed by atoms with van der Waals surface area (Å²) >= 11 is 0. The van der Waals surface area contributed by atoms with E-state index in [1.807, 2.05) is 0 Å². The molecule has 0 bridgehead atoms. The van der Waals surface area contributed by atoms with Crippen molar-refractivity contribution in [1.82, 2.24) is 0 Å². The molecule has 0 aromatic heterocycles. The van der Waals surface area contributed by atoms with Gasteiger partial charge in [-0.15, -0.1) is 0 Å². The van der Waals surface area contributed by atoms with Crippen LogP contribution in [-0.2, 0) is 0 Å². The molecule has 2 heteroatoms. The van der Waals surface area contributed by atoms with Crippen molar-refractivity contribution in [3.63, 3.8) is 0 Å². The van der Waals surface area contributed by atoms with E-state index in [1.54, 1.807) is 0 Å². The van der Waals surface area contributed by atoms with E-state index in [1.165, 1.54) is 18.4 Å². The smallest absolute Gasteiger partial charge is 0.138 e. The molecule has 0 aromatic rings. The molecule has 0 amide bonds. The van der Waals surface area contributed by atoms with Gasteiger partial charge in [0.05, 0.1) is 0 Å². The van der Waals surface area contributed by atoms with E-state index in [-0.39, 0.29) is 11.8 Å². The van der Waals surface area contributed by atoms with Gasteiger partial charge in [0.1, 0.15) is 12.3 Å². The van der Waals surface area contributed by atoms with Gasteiger partial charge in [-0.25, -0.2) is 8.78 Å². The van der Waals surface area contributed by atoms with Crippen molar-refractivity contribution in [2.45, 2.75) is 84.0 Å². The molecule has 0 saturated heterocycles. The van der Waals surface area contributed by atoms with Gasteiger partial charge in [-0.2, -0.15) is 0 Å². The van der Waals surface area contributed by atoms with Crippen molar-refractivity contribution in [2.24, 2.45) is 29.6 Å². The lowest BCUT2D eigenvalue weighted by molar-refractivity contribution is -0.00246. The molecule has 0 aromatic carbocycles. The van der Waals surface area contributed by atoms with Crippen LogP contribution in [0.2, 0.25) is 0 Å². The van der Waals surface area contributed by atoms with E-state index < -0.39 is 12.3 Å². The Morgan fingerprint density at radius 3 is 2.18 bits per heavy atom. The second kappa shape index (κ2) is 7.01. The van der Waals surface area contributed by atoms with Gasteiger partial charge in [0.2, 0.25) is 0 Å². The van der Waals surface area contributed by atoms with Crippen LogP contribution in [0.4, 0.5) is 8.78 Å². The van der Waals surface area contributed by atoms with Crippen molar-refractivity contribution >= 4 is 0 Å². The summed E-state index contributed by atoms with van der Waals surface area (Å²) in [6, 6.07) is 0. The SMILES string of the molecule is CC1CC=C(C2CCC(C3CCC(C)CC3)C(F)C2F)CC1. The van der Waals surface area contributed by atoms with Crippen LogP contribution in [0, 0.1) is 29.6 Å². The molecular weight excluding hydrogens is 278 g/mol. The molecule has 3 aliphatic rings. The van der Waals surface area contributed by atoms with E-state index in [0.717, 1.165) is 50.9 Å². The minimum Gasteiger partial charge on any atom is -0.244 e. The lowest BCUT2D eigenvalue weighted by atomic mass is 9.66. The molecule has 3 rings (SSSR count). The molecule has 0 nitrogen and oxygen atoms in total. The van der Waals surface area contributed by atoms with E-state index in [0.29, 0.717) is 11.8 Å². The normalized spacial score (nSPS) is 47.1. The van der Waals surface area contributed by atoms with Crippen LogP contribution in [0.3, 0.4) is 0 Å². The molecule has 0 spiro atoms. The first-order valence-electron chi connectivity index (χ1n) is 9.53. The first kappa shape index (κ1) is 16.5. The predicted octanol–water partition coefficient (Wildman–Crippen LogP) is 6.26. The Bertz CT molecular complexity index is 395. The quantitative estimate of drug-likeness (QED) is 0.528. The average molecular weight is 310 g/mol. The monoisotopic (exact) mass is 310 g/mol. The Hall–Kier alpha value is -0.400. The summed E-state index contributed by atoms with van der Waals surface area (Å²) in [4.78, 5) is 0. The third-order valence-corrected chi connectivity index (χ3v) is 6.76. The van der Waals surface area contributed by atoms with Crippen LogP contribution in [0.1, 0.15) is 71.6 Å². The van der Waals surface area contributed by atoms with Gasteiger partial charge < -0.3 is 0 Å². The summed E-state index contributed by atoms with van der Waals surface area (Å²) in [6.45, 7) is 4.54. The zero-order valence-electron chi connectivity index (χ0n) is 14.2. The second-order valence-electron chi connectivity index (χ2n) is 8.42. The second-order valence-corrected chi connectivity index (χ2v) is 8.42. The van der Waals surface area contributed by atoms with Gasteiger partial charge in [0.15, 0.2) is 0 Å². The van der Waals surface area contributed by atoms with Gasteiger partial charge in [0, 0.05) is 5.92 Å². The third-order valence-electron chi connectivity index (χ3n) is 6.76. The van der Waals surface area contributed by atoms with E-state index in [4.69, 9.17) is 0 Å². The summed E-state index contributed by atoms with van der Waals surface area (Å²) in [5.74, 6) is 1.79. The Balaban J connectivity index is 1.62. The predicted molar refractivity (Wildman–Crippen MR) is 88.2 cm³/mol. The minimum absolute atomic E-state index is 0.0122. The molecule has 22 heavy (non-hydrogen) atoms. The first-order chi connectivity index (χ1) is 10.6. The Morgan fingerprint density at radius 2 is 1.55 bits per heavy atom. The molecule has 2 saturated carbocycles. The van der Waals surface area contributed by atoms with E-state index >= 15 is 0 Å². The number of hydrogen-bond donors (Lipinski definition) is 0. The maximum Gasteiger partial charge on any atom is 0.138 e. The number of hydrogen-bond acceptors (Lipinski definition) is 0. The molecule has 126 valence electrons. The fourth-order valence-corrected chi connectivity index (χ4v) is 5.07. The average Bonchev–Trinajstić information content (AvgIpc) is 2.52. The molecule has 5 unspecified atom stereocenters. The zero-order chi connectivity index (χ0) is 15.7. The molecular formula is C20H32F2. The van der Waals surface area contributed by atoms with Crippen molar-refractivity contribution < 1.29 is 8.78 Å². The summed E-state index contributed by atoms with van der Waals surface area (Å²) in [5.41, 5.74) is 1.23. The van der Waals surface area contributed by atoms with Crippen molar-refractivity contribution in [1.29, 1.82) is 0 Å². The van der Waals surface area contributed by atoms with Crippen LogP contribution in [0.25, 0.3) is 0 Å². The molecule has 2 fully saturated rings. The number of rotatable bonds is 2. The standard InChI is InChI=1S/C20H32F2/c1-13-3-7-15(8-4-13)17-11-12-18(20(22)19(17)21)16-9-5-14(2)6-10-16/h7,13-14,16-20H,3-6,8-12H2,1-2H3. The summed E-state index contributed by atoms with van der Waals surface area (Å²) < 4.78 is 29.6. The summed E-state index contributed by atoms with van der Waals surface area (Å²) in [7, 11) is 0. The van der Waals surface area contributed by atoms with Crippen molar-refractivity contribution in [3.05, 3.63) is 11.6 Å². The van der Waals surface area contributed by atoms with Crippen LogP contribution in [-0.4, -0.2) is 12.3 Å². The number of alkyl halides is 2. The first-order valence-corrected chi connectivity index (χ1v) is 9.53. The molecule has 5 atom stereocenters. The maximum atomic E-state index is 14.8. The van der Waals surface area contributed by atoms with Gasteiger partial charge in [-0.3, -0.25) is 0 Å². The van der Waals surface area contributed by atoms with Crippen LogP contribution >= 0.6 is 0 Å². The topological polar surface area (TPSA) is 0 Å². The minimum atomic E-state index is -1.25. The third kappa shape index (κ3) is 3.41. The molecule has 0 radical (unpaired) electrons. The van der Waals surface area contributed by atoms with Gasteiger partial charge in [0.25, 0.3) is 0 Å². The van der Waals surface area contributed by atoms with E-state index in [2.05, 4.69) is 19.9 Å². The van der Waals surface area contributed by atoms with Gasteiger partial charge in [-0.05, 0) is 68.6 Å². The number of allylic oxidation sites excluding steroid dienone is 2. The highest BCUT2D eigenvalue weighted by Gasteiger charge is 2.44. The Kier molecular flexibility index (Phi) is 5.24. The lowest BCUT2D eigenvalue weighted by Crippen LogP contribution is -2.42. The fraction of sp³-hybridized carbons (Fsp3) is 0.900. The Labute approximate surface area is 134 Å². The molecule has 0 heterocycles. The fourth-order valence-electron chi connectivity index (χ4n) is 5.07. The van der Waals surface area contributed by atoms with Gasteiger partial charge in [-0.1, -0.05) is 38.3 Å². The molecule has 0 N–H and O–H groups in total. The zero-order valence-corrected chi connectivity index (χ0v) is 14.2. The molecule has 3 aliphatic carbocycles. The Morgan fingerprint density at radius 1 is 0.818 bits per heavy atom. The summed E-state index contributed by atoms with van der Waals surface area (Å²) in [6.07, 6.45) is 9.36. The van der Waals surface area contributed by atoms with Crippen LogP contribution in [0.5, 0.6) is 0 Å². The van der Waals surface area contributed by atoms with E-state index in [9.17, 15) is 8.78 Å². The lowest BCUT2D eigenvalue weighted by Gasteiger charge is -2.42. The maximum absolute atomic E-state index is 14.8. The summed E-state index contributed by atoms with van der Waals surface area (Å²) in [5, 5.41) is 0. The number of halogens is 2. The van der Waals surface area contributed by atoms with Crippen molar-refractivity contribution in [3.8, 4) is 0 Å². The van der Waals surface area contributed by atoms with Crippen LogP contribution < -0.4 is 0 Å². The van der Waals surface area contributed by atoms with Crippen molar-refractivity contribution in [2.75, 3.05) is 0 Å². The van der Waals surface area contributed by atoms with Crippen LogP contribution in [0.15, 0.2) is 11.6 Å². The highest BCUT2D eigenvalue weighted by molar-refractivity contribution is 5.15. The highest BCUT2D eigenvalue weighted by Crippen LogP contribution is 2.46. The largest absolute Gasteiger partial charge is 0.244 e. The highest BCUT2D eigenvalue weighted by atomic mass is 19.2. The molecule has 0 aliphatic heterocycles.